The number of sulfone groups is 1. The predicted octanol–water partition coefficient (Wildman–Crippen LogP) is 1.83. The fourth-order valence-electron chi connectivity index (χ4n) is 3.89. The maximum absolute atomic E-state index is 13.4. The van der Waals surface area contributed by atoms with Crippen molar-refractivity contribution in [1.29, 1.82) is 0 Å². The number of halogens is 1. The van der Waals surface area contributed by atoms with Gasteiger partial charge < -0.3 is 9.32 Å². The zero-order valence-electron chi connectivity index (χ0n) is 14.6. The fourth-order valence-corrected chi connectivity index (χ4v) is 5.66. The van der Waals surface area contributed by atoms with Crippen molar-refractivity contribution in [1.82, 2.24) is 9.80 Å². The van der Waals surface area contributed by atoms with Crippen LogP contribution in [-0.2, 0) is 9.84 Å². The van der Waals surface area contributed by atoms with Crippen molar-refractivity contribution in [2.45, 2.75) is 19.4 Å². The minimum atomic E-state index is -2.91. The molecule has 2 fully saturated rings. The molecule has 6 nitrogen and oxygen atoms in total. The summed E-state index contributed by atoms with van der Waals surface area (Å²) in [6.07, 6.45) is 0.671. The van der Waals surface area contributed by atoms with Gasteiger partial charge in [-0.25, -0.2) is 12.8 Å². The van der Waals surface area contributed by atoms with Gasteiger partial charge in [0.15, 0.2) is 15.6 Å². The molecule has 140 valence electrons. The van der Waals surface area contributed by atoms with E-state index in [0.717, 1.165) is 0 Å². The van der Waals surface area contributed by atoms with Crippen LogP contribution >= 0.6 is 0 Å². The van der Waals surface area contributed by atoms with Gasteiger partial charge >= 0.3 is 0 Å². The Bertz CT molecular complexity index is 961. The average molecular weight is 380 g/mol. The smallest absolute Gasteiger partial charge is 0.289 e. The van der Waals surface area contributed by atoms with Crippen molar-refractivity contribution in [3.63, 3.8) is 0 Å². The van der Waals surface area contributed by atoms with Crippen molar-refractivity contribution in [3.8, 4) is 0 Å². The number of carbonyl (C=O) groups excluding carboxylic acids is 1. The van der Waals surface area contributed by atoms with Gasteiger partial charge in [0.05, 0.1) is 11.5 Å². The number of aryl methyl sites for hydroxylation is 1. The Balaban J connectivity index is 1.46. The molecule has 4 rings (SSSR count). The van der Waals surface area contributed by atoms with Gasteiger partial charge in [-0.05, 0) is 31.5 Å². The third-order valence-corrected chi connectivity index (χ3v) is 7.17. The number of hydrogen-bond acceptors (Lipinski definition) is 5. The second-order valence-electron chi connectivity index (χ2n) is 7.08. The van der Waals surface area contributed by atoms with Gasteiger partial charge in [0.2, 0.25) is 0 Å². The normalized spacial score (nSPS) is 23.6. The van der Waals surface area contributed by atoms with E-state index in [9.17, 15) is 17.6 Å². The first kappa shape index (κ1) is 17.5. The van der Waals surface area contributed by atoms with Gasteiger partial charge in [-0.2, -0.15) is 0 Å². The SMILES string of the molecule is Cc1c(C(=O)N2CCN([C@@H]3CCS(=O)(=O)C3)CC2)oc2ccc(F)cc12. The Morgan fingerprint density at radius 3 is 2.62 bits per heavy atom. The molecule has 0 aliphatic carbocycles. The number of piperazine rings is 1. The lowest BCUT2D eigenvalue weighted by atomic mass is 10.1. The topological polar surface area (TPSA) is 70.8 Å². The summed E-state index contributed by atoms with van der Waals surface area (Å²) in [6.45, 7) is 4.12. The van der Waals surface area contributed by atoms with Gasteiger partial charge in [-0.1, -0.05) is 0 Å². The van der Waals surface area contributed by atoms with Crippen LogP contribution < -0.4 is 0 Å². The molecule has 2 saturated heterocycles. The van der Waals surface area contributed by atoms with E-state index in [2.05, 4.69) is 4.90 Å². The lowest BCUT2D eigenvalue weighted by Crippen LogP contribution is -2.52. The van der Waals surface area contributed by atoms with Gasteiger partial charge in [0.25, 0.3) is 5.91 Å². The maximum atomic E-state index is 13.4. The molecule has 0 radical (unpaired) electrons. The molecule has 3 heterocycles. The second kappa shape index (κ2) is 6.35. The molecular weight excluding hydrogens is 359 g/mol. The van der Waals surface area contributed by atoms with Crippen LogP contribution in [0.15, 0.2) is 22.6 Å². The summed E-state index contributed by atoms with van der Waals surface area (Å²) in [7, 11) is -2.91. The third-order valence-electron chi connectivity index (χ3n) is 5.42. The van der Waals surface area contributed by atoms with Crippen LogP contribution in [0.2, 0.25) is 0 Å². The monoisotopic (exact) mass is 380 g/mol. The number of carbonyl (C=O) groups is 1. The molecule has 0 spiro atoms. The molecular formula is C18H21FN2O4S. The van der Waals surface area contributed by atoms with Crippen LogP contribution in [0, 0.1) is 12.7 Å². The van der Waals surface area contributed by atoms with E-state index in [-0.39, 0.29) is 35.0 Å². The predicted molar refractivity (Wildman–Crippen MR) is 95.4 cm³/mol. The Kier molecular flexibility index (Phi) is 4.27. The summed E-state index contributed by atoms with van der Waals surface area (Å²) in [6, 6.07) is 4.29. The van der Waals surface area contributed by atoms with Crippen LogP contribution in [-0.4, -0.2) is 67.9 Å². The van der Waals surface area contributed by atoms with Crippen molar-refractivity contribution in [2.75, 3.05) is 37.7 Å². The highest BCUT2D eigenvalue weighted by Crippen LogP contribution is 2.27. The number of benzene rings is 1. The lowest BCUT2D eigenvalue weighted by molar-refractivity contribution is 0.0560. The quantitative estimate of drug-likeness (QED) is 0.795. The Labute approximate surface area is 151 Å². The number of nitrogens with zero attached hydrogens (tertiary/aromatic N) is 2. The lowest BCUT2D eigenvalue weighted by Gasteiger charge is -2.37. The van der Waals surface area contributed by atoms with Crippen LogP contribution in [0.5, 0.6) is 0 Å². The van der Waals surface area contributed by atoms with Gasteiger partial charge in [-0.15, -0.1) is 0 Å². The molecule has 1 amide bonds. The summed E-state index contributed by atoms with van der Waals surface area (Å²) in [5.41, 5.74) is 1.15. The summed E-state index contributed by atoms with van der Waals surface area (Å²) in [5.74, 6) is 0.168. The molecule has 1 aromatic carbocycles. The highest BCUT2D eigenvalue weighted by atomic mass is 32.2. The Morgan fingerprint density at radius 1 is 1.23 bits per heavy atom. The minimum Gasteiger partial charge on any atom is -0.451 e. The van der Waals surface area contributed by atoms with E-state index in [1.165, 1.54) is 18.2 Å². The van der Waals surface area contributed by atoms with Crippen LogP contribution in [0.3, 0.4) is 0 Å². The van der Waals surface area contributed by atoms with Gasteiger partial charge in [-0.3, -0.25) is 9.69 Å². The fraction of sp³-hybridized carbons (Fsp3) is 0.500. The number of fused-ring (bicyclic) bond motifs is 1. The zero-order chi connectivity index (χ0) is 18.5. The van der Waals surface area contributed by atoms with E-state index in [1.807, 2.05) is 0 Å². The van der Waals surface area contributed by atoms with E-state index in [1.54, 1.807) is 11.8 Å². The average Bonchev–Trinajstić information content (AvgIpc) is 3.14. The van der Waals surface area contributed by atoms with Gasteiger partial charge in [0.1, 0.15) is 11.4 Å². The number of amides is 1. The summed E-state index contributed by atoms with van der Waals surface area (Å²) >= 11 is 0. The van der Waals surface area contributed by atoms with Crippen LogP contribution in [0.4, 0.5) is 4.39 Å². The number of hydrogen-bond donors (Lipinski definition) is 0. The van der Waals surface area contributed by atoms with Crippen molar-refractivity contribution in [2.24, 2.45) is 0 Å². The largest absolute Gasteiger partial charge is 0.451 e. The summed E-state index contributed by atoms with van der Waals surface area (Å²) < 4.78 is 42.4. The van der Waals surface area contributed by atoms with E-state index >= 15 is 0 Å². The first-order valence-electron chi connectivity index (χ1n) is 8.76. The molecule has 1 aromatic heterocycles. The Morgan fingerprint density at radius 2 is 1.96 bits per heavy atom. The molecule has 0 saturated carbocycles. The molecule has 1 atom stereocenters. The van der Waals surface area contributed by atoms with E-state index in [4.69, 9.17) is 4.42 Å². The molecule has 26 heavy (non-hydrogen) atoms. The van der Waals surface area contributed by atoms with Crippen molar-refractivity contribution < 1.29 is 22.0 Å². The standard InChI is InChI=1S/C18H21FN2O4S/c1-12-15-10-13(19)2-3-16(15)25-17(12)18(22)21-7-5-20(6-8-21)14-4-9-26(23,24)11-14/h2-3,10,14H,4-9,11H2,1H3/t14-/m1/s1. The summed E-state index contributed by atoms with van der Waals surface area (Å²) in [4.78, 5) is 16.7. The molecule has 2 aliphatic heterocycles. The first-order valence-corrected chi connectivity index (χ1v) is 10.6. The summed E-state index contributed by atoms with van der Waals surface area (Å²) in [5, 5.41) is 0.614. The highest BCUT2D eigenvalue weighted by Gasteiger charge is 2.35. The molecule has 8 heteroatoms. The van der Waals surface area contributed by atoms with E-state index < -0.39 is 9.84 Å². The number of rotatable bonds is 2. The molecule has 0 unspecified atom stereocenters. The first-order chi connectivity index (χ1) is 12.3. The third kappa shape index (κ3) is 3.12. The van der Waals surface area contributed by atoms with Gasteiger partial charge in [0, 0.05) is 43.2 Å². The Hall–Kier alpha value is -1.93. The minimum absolute atomic E-state index is 0.0631. The maximum Gasteiger partial charge on any atom is 0.289 e. The highest BCUT2D eigenvalue weighted by molar-refractivity contribution is 7.91. The van der Waals surface area contributed by atoms with Crippen molar-refractivity contribution in [3.05, 3.63) is 35.3 Å². The molecule has 0 N–H and O–H groups in total. The molecule has 0 bridgehead atoms. The van der Waals surface area contributed by atoms with Crippen LogP contribution in [0.1, 0.15) is 22.5 Å². The van der Waals surface area contributed by atoms with Crippen LogP contribution in [0.25, 0.3) is 11.0 Å². The zero-order valence-corrected chi connectivity index (χ0v) is 15.4. The number of furan rings is 1. The van der Waals surface area contributed by atoms with Crippen molar-refractivity contribution >= 4 is 26.7 Å². The molecule has 2 aliphatic rings. The molecule has 2 aromatic rings. The second-order valence-corrected chi connectivity index (χ2v) is 9.31. The van der Waals surface area contributed by atoms with E-state index in [0.29, 0.717) is 49.1 Å².